The molecule has 0 amide bonds. The molecule has 1 aromatic heterocycles. The zero-order chi connectivity index (χ0) is 16.9. The van der Waals surface area contributed by atoms with Gasteiger partial charge in [-0.1, -0.05) is 0 Å². The lowest BCUT2D eigenvalue weighted by molar-refractivity contribution is 0.0217. The number of aryl methyl sites for hydroxylation is 1. The van der Waals surface area contributed by atoms with Gasteiger partial charge in [0.05, 0.1) is 24.9 Å². The van der Waals surface area contributed by atoms with Crippen molar-refractivity contribution in [3.63, 3.8) is 0 Å². The number of rotatable bonds is 5. The standard InChI is InChI=1S/C17H30N4O3/c1-14-15(11-21(18-14)6-7-22)10-19-4-5-20(13-17(23)12-19)16-2-8-24-9-3-16/h11,16-17,22-23H,2-10,12-13H2,1H3. The van der Waals surface area contributed by atoms with Gasteiger partial charge in [0, 0.05) is 63.7 Å². The van der Waals surface area contributed by atoms with Crippen molar-refractivity contribution >= 4 is 0 Å². The monoisotopic (exact) mass is 338 g/mol. The fourth-order valence-electron chi connectivity index (χ4n) is 3.78. The predicted octanol–water partition coefficient (Wildman–Crippen LogP) is -0.159. The van der Waals surface area contributed by atoms with E-state index in [4.69, 9.17) is 9.84 Å². The van der Waals surface area contributed by atoms with Crippen molar-refractivity contribution in [2.75, 3.05) is 46.0 Å². The largest absolute Gasteiger partial charge is 0.394 e. The Bertz CT molecular complexity index is 516. The van der Waals surface area contributed by atoms with Gasteiger partial charge in [0.15, 0.2) is 0 Å². The highest BCUT2D eigenvalue weighted by Gasteiger charge is 2.27. The molecule has 2 aliphatic heterocycles. The molecule has 3 heterocycles. The molecule has 136 valence electrons. The van der Waals surface area contributed by atoms with Gasteiger partial charge in [-0.3, -0.25) is 14.5 Å². The highest BCUT2D eigenvalue weighted by molar-refractivity contribution is 5.15. The minimum absolute atomic E-state index is 0.100. The molecule has 0 aromatic carbocycles. The summed E-state index contributed by atoms with van der Waals surface area (Å²) in [5.41, 5.74) is 2.18. The minimum atomic E-state index is -0.317. The number of ether oxygens (including phenoxy) is 1. The molecule has 0 spiro atoms. The molecule has 24 heavy (non-hydrogen) atoms. The second-order valence-electron chi connectivity index (χ2n) is 6.95. The maximum absolute atomic E-state index is 10.4. The van der Waals surface area contributed by atoms with E-state index in [1.165, 1.54) is 5.56 Å². The second-order valence-corrected chi connectivity index (χ2v) is 6.95. The van der Waals surface area contributed by atoms with E-state index in [2.05, 4.69) is 14.9 Å². The lowest BCUT2D eigenvalue weighted by Crippen LogP contribution is -2.43. The molecule has 0 saturated carbocycles. The van der Waals surface area contributed by atoms with Gasteiger partial charge in [-0.05, 0) is 19.8 Å². The van der Waals surface area contributed by atoms with Crippen LogP contribution in [0.3, 0.4) is 0 Å². The molecule has 2 fully saturated rings. The van der Waals surface area contributed by atoms with Crippen molar-refractivity contribution in [2.45, 2.75) is 45.0 Å². The van der Waals surface area contributed by atoms with Crippen LogP contribution in [0.1, 0.15) is 24.1 Å². The molecule has 0 bridgehead atoms. The minimum Gasteiger partial charge on any atom is -0.394 e. The van der Waals surface area contributed by atoms with Crippen molar-refractivity contribution in [3.8, 4) is 0 Å². The summed E-state index contributed by atoms with van der Waals surface area (Å²) in [6.45, 7) is 8.51. The summed E-state index contributed by atoms with van der Waals surface area (Å²) in [6, 6.07) is 0.544. The van der Waals surface area contributed by atoms with Gasteiger partial charge >= 0.3 is 0 Å². The molecule has 7 heteroatoms. The molecular formula is C17H30N4O3. The number of aromatic nitrogens is 2. The summed E-state index contributed by atoms with van der Waals surface area (Å²) in [6.07, 6.45) is 3.83. The molecule has 7 nitrogen and oxygen atoms in total. The van der Waals surface area contributed by atoms with Gasteiger partial charge in [-0.2, -0.15) is 5.10 Å². The summed E-state index contributed by atoms with van der Waals surface area (Å²) in [5, 5.41) is 23.9. The van der Waals surface area contributed by atoms with Gasteiger partial charge in [0.25, 0.3) is 0 Å². The predicted molar refractivity (Wildman–Crippen MR) is 90.7 cm³/mol. The van der Waals surface area contributed by atoms with E-state index in [-0.39, 0.29) is 12.7 Å². The molecular weight excluding hydrogens is 308 g/mol. The Labute approximate surface area is 143 Å². The molecule has 0 radical (unpaired) electrons. The van der Waals surface area contributed by atoms with Crippen LogP contribution in [0.5, 0.6) is 0 Å². The average molecular weight is 338 g/mol. The Balaban J connectivity index is 1.59. The number of hydrogen-bond donors (Lipinski definition) is 2. The Kier molecular flexibility index (Phi) is 6.24. The zero-order valence-electron chi connectivity index (χ0n) is 14.6. The number of aliphatic hydroxyl groups excluding tert-OH is 2. The summed E-state index contributed by atoms with van der Waals surface area (Å²) in [7, 11) is 0. The van der Waals surface area contributed by atoms with Crippen molar-refractivity contribution in [2.24, 2.45) is 0 Å². The summed E-state index contributed by atoms with van der Waals surface area (Å²) in [4.78, 5) is 4.76. The maximum atomic E-state index is 10.4. The molecule has 3 rings (SSSR count). The Morgan fingerprint density at radius 1 is 1.25 bits per heavy atom. The van der Waals surface area contributed by atoms with Gasteiger partial charge in [-0.15, -0.1) is 0 Å². The van der Waals surface area contributed by atoms with Gasteiger partial charge in [0.1, 0.15) is 0 Å². The van der Waals surface area contributed by atoms with E-state index in [0.29, 0.717) is 19.1 Å². The third-order valence-electron chi connectivity index (χ3n) is 5.10. The normalized spacial score (nSPS) is 25.0. The molecule has 1 aromatic rings. The lowest BCUT2D eigenvalue weighted by Gasteiger charge is -2.33. The van der Waals surface area contributed by atoms with Crippen molar-refractivity contribution < 1.29 is 14.9 Å². The Hall–Kier alpha value is -0.990. The molecule has 2 N–H and O–H groups in total. The van der Waals surface area contributed by atoms with Crippen molar-refractivity contribution in [3.05, 3.63) is 17.5 Å². The first kappa shape index (κ1) is 17.8. The van der Waals surface area contributed by atoms with E-state index in [1.54, 1.807) is 4.68 Å². The molecule has 1 atom stereocenters. The topological polar surface area (TPSA) is 74.0 Å². The number of β-amino-alcohol motifs (C(OH)–C–C–N with tert-alkyl or cyclic N) is 1. The van der Waals surface area contributed by atoms with Crippen molar-refractivity contribution in [1.82, 2.24) is 19.6 Å². The highest BCUT2D eigenvalue weighted by atomic mass is 16.5. The van der Waals surface area contributed by atoms with Crippen LogP contribution in [0.4, 0.5) is 0 Å². The first-order chi connectivity index (χ1) is 11.7. The van der Waals surface area contributed by atoms with Crippen LogP contribution in [-0.2, 0) is 17.8 Å². The van der Waals surface area contributed by atoms with Gasteiger partial charge in [0.2, 0.25) is 0 Å². The second kappa shape index (κ2) is 8.40. The number of hydrogen-bond acceptors (Lipinski definition) is 6. The van der Waals surface area contributed by atoms with E-state index in [1.807, 2.05) is 13.1 Å². The quantitative estimate of drug-likeness (QED) is 0.777. The van der Waals surface area contributed by atoms with Crippen molar-refractivity contribution in [1.29, 1.82) is 0 Å². The first-order valence-electron chi connectivity index (χ1n) is 9.01. The van der Waals surface area contributed by atoms with Crippen LogP contribution < -0.4 is 0 Å². The maximum Gasteiger partial charge on any atom is 0.0794 e. The average Bonchev–Trinajstić information content (AvgIpc) is 2.80. The molecule has 1 unspecified atom stereocenters. The van der Waals surface area contributed by atoms with Gasteiger partial charge in [-0.25, -0.2) is 0 Å². The SMILES string of the molecule is Cc1nn(CCO)cc1CN1CCN(C2CCOCC2)CC(O)C1. The number of aliphatic hydroxyl groups is 2. The highest BCUT2D eigenvalue weighted by Crippen LogP contribution is 2.18. The first-order valence-corrected chi connectivity index (χ1v) is 9.01. The third kappa shape index (κ3) is 4.55. The fourth-order valence-corrected chi connectivity index (χ4v) is 3.78. The molecule has 2 aliphatic rings. The number of nitrogens with zero attached hydrogens (tertiary/aromatic N) is 4. The van der Waals surface area contributed by atoms with E-state index < -0.39 is 0 Å². The summed E-state index contributed by atoms with van der Waals surface area (Å²) in [5.74, 6) is 0. The van der Waals surface area contributed by atoms with Gasteiger partial charge < -0.3 is 14.9 Å². The fraction of sp³-hybridized carbons (Fsp3) is 0.824. The smallest absolute Gasteiger partial charge is 0.0794 e. The van der Waals surface area contributed by atoms with Crippen LogP contribution in [0.2, 0.25) is 0 Å². The zero-order valence-corrected chi connectivity index (χ0v) is 14.6. The summed E-state index contributed by atoms with van der Waals surface area (Å²) >= 11 is 0. The van der Waals surface area contributed by atoms with Crippen LogP contribution in [0.15, 0.2) is 6.20 Å². The summed E-state index contributed by atoms with van der Waals surface area (Å²) < 4.78 is 7.26. The van der Waals surface area contributed by atoms with Crippen LogP contribution >= 0.6 is 0 Å². The van der Waals surface area contributed by atoms with Crippen LogP contribution in [0, 0.1) is 6.92 Å². The van der Waals surface area contributed by atoms with E-state index >= 15 is 0 Å². The lowest BCUT2D eigenvalue weighted by atomic mass is 10.1. The van der Waals surface area contributed by atoms with E-state index in [9.17, 15) is 5.11 Å². The van der Waals surface area contributed by atoms with E-state index in [0.717, 1.165) is 57.9 Å². The molecule has 0 aliphatic carbocycles. The van der Waals surface area contributed by atoms with Crippen LogP contribution in [0.25, 0.3) is 0 Å². The Morgan fingerprint density at radius 3 is 2.79 bits per heavy atom. The molecule has 2 saturated heterocycles. The Morgan fingerprint density at radius 2 is 2.04 bits per heavy atom. The third-order valence-corrected chi connectivity index (χ3v) is 5.10. The van der Waals surface area contributed by atoms with Crippen LogP contribution in [-0.4, -0.2) is 87.9 Å².